The van der Waals surface area contributed by atoms with Gasteiger partial charge in [-0.15, -0.1) is 0 Å². The van der Waals surface area contributed by atoms with Gasteiger partial charge in [0.1, 0.15) is 0 Å². The molecular weight excluding hydrogens is 348 g/mol. The van der Waals surface area contributed by atoms with Crippen LogP contribution in [0.5, 0.6) is 0 Å². The molecule has 1 unspecified atom stereocenters. The minimum absolute atomic E-state index is 0.450. The predicted molar refractivity (Wildman–Crippen MR) is 102 cm³/mol. The van der Waals surface area contributed by atoms with Crippen molar-refractivity contribution in [2.24, 2.45) is 0 Å². The molecule has 7 heteroatoms. The molecule has 0 saturated heterocycles. The molecule has 142 valence electrons. The summed E-state index contributed by atoms with van der Waals surface area (Å²) in [6, 6.07) is 18.1. The number of nitrogens with one attached hydrogen (secondary N) is 2. The Morgan fingerprint density at radius 3 is 2.26 bits per heavy atom. The minimum Gasteiger partial charge on any atom is -0.473 e. The highest BCUT2D eigenvalue weighted by atomic mass is 16.4. The number of aliphatic hydroxyl groups excluding tert-OH is 1. The van der Waals surface area contributed by atoms with E-state index in [2.05, 4.69) is 34.7 Å². The molecule has 27 heavy (non-hydrogen) atoms. The third kappa shape index (κ3) is 6.25. The Labute approximate surface area is 156 Å². The van der Waals surface area contributed by atoms with Gasteiger partial charge < -0.3 is 25.6 Å². The van der Waals surface area contributed by atoms with E-state index in [0.29, 0.717) is 6.54 Å². The first kappa shape index (κ1) is 20.2. The lowest BCUT2D eigenvalue weighted by molar-refractivity contribution is -0.159. The van der Waals surface area contributed by atoms with Crippen LogP contribution in [0.4, 0.5) is 0 Å². The van der Waals surface area contributed by atoms with Crippen LogP contribution in [0.3, 0.4) is 0 Å². The molecule has 7 nitrogen and oxygen atoms in total. The van der Waals surface area contributed by atoms with Gasteiger partial charge in [-0.1, -0.05) is 48.5 Å². The first-order valence-corrected chi connectivity index (χ1v) is 8.44. The van der Waals surface area contributed by atoms with Crippen molar-refractivity contribution in [2.45, 2.75) is 12.5 Å². The second kappa shape index (κ2) is 10.1. The first-order valence-electron chi connectivity index (χ1n) is 8.44. The van der Waals surface area contributed by atoms with E-state index in [4.69, 9.17) is 19.8 Å². The molecule has 1 heterocycles. The number of aromatic nitrogens is 1. The van der Waals surface area contributed by atoms with Crippen LogP contribution in [0, 0.1) is 0 Å². The number of fused-ring (bicyclic) bond motifs is 1. The Morgan fingerprint density at radius 1 is 0.963 bits per heavy atom. The molecule has 0 aliphatic heterocycles. The van der Waals surface area contributed by atoms with E-state index in [1.807, 2.05) is 36.4 Å². The molecule has 0 radical (unpaired) electrons. The highest BCUT2D eigenvalue weighted by Gasteiger charge is 2.07. The van der Waals surface area contributed by atoms with Crippen LogP contribution < -0.4 is 5.32 Å². The SMILES string of the molecule is O=C(O)C(=O)O.OC(CNCCc1c[nH]c2ccccc12)c1ccccc1. The van der Waals surface area contributed by atoms with Gasteiger partial charge in [-0.2, -0.15) is 0 Å². The number of hydrogen-bond donors (Lipinski definition) is 5. The van der Waals surface area contributed by atoms with Crippen molar-refractivity contribution in [2.75, 3.05) is 13.1 Å². The quantitative estimate of drug-likeness (QED) is 0.335. The highest BCUT2D eigenvalue weighted by molar-refractivity contribution is 6.27. The van der Waals surface area contributed by atoms with Gasteiger partial charge in [0.2, 0.25) is 0 Å². The van der Waals surface area contributed by atoms with Crippen molar-refractivity contribution in [3.63, 3.8) is 0 Å². The fraction of sp³-hybridized carbons (Fsp3) is 0.200. The van der Waals surface area contributed by atoms with Crippen molar-refractivity contribution in [3.8, 4) is 0 Å². The van der Waals surface area contributed by atoms with Crippen molar-refractivity contribution in [1.82, 2.24) is 10.3 Å². The van der Waals surface area contributed by atoms with E-state index in [-0.39, 0.29) is 0 Å². The smallest absolute Gasteiger partial charge is 0.414 e. The number of hydrogen-bond acceptors (Lipinski definition) is 4. The van der Waals surface area contributed by atoms with Gasteiger partial charge in [-0.3, -0.25) is 0 Å². The van der Waals surface area contributed by atoms with Gasteiger partial charge in [-0.25, -0.2) is 9.59 Å². The number of carboxylic acids is 2. The highest BCUT2D eigenvalue weighted by Crippen LogP contribution is 2.17. The summed E-state index contributed by atoms with van der Waals surface area (Å²) in [4.78, 5) is 21.5. The standard InChI is InChI=1S/C18H20N2O.C2H2O4/c21-18(14-6-2-1-3-7-14)13-19-11-10-15-12-20-17-9-5-4-8-16(15)17;3-1(4)2(5)6/h1-9,12,18-21H,10-11,13H2;(H,3,4)(H,5,6). The van der Waals surface area contributed by atoms with Crippen molar-refractivity contribution in [1.29, 1.82) is 0 Å². The number of carbonyl (C=O) groups is 2. The van der Waals surface area contributed by atoms with Crippen LogP contribution in [0.2, 0.25) is 0 Å². The first-order chi connectivity index (χ1) is 13.0. The number of aliphatic carboxylic acids is 2. The molecule has 1 atom stereocenters. The minimum atomic E-state index is -1.82. The number of benzene rings is 2. The monoisotopic (exact) mass is 370 g/mol. The molecule has 2 aromatic carbocycles. The maximum atomic E-state index is 10.1. The van der Waals surface area contributed by atoms with Crippen molar-refractivity contribution >= 4 is 22.8 Å². The van der Waals surface area contributed by atoms with E-state index in [0.717, 1.165) is 18.5 Å². The van der Waals surface area contributed by atoms with E-state index >= 15 is 0 Å². The molecule has 1 aromatic heterocycles. The van der Waals surface area contributed by atoms with Crippen LogP contribution in [0.1, 0.15) is 17.2 Å². The van der Waals surface area contributed by atoms with Gasteiger partial charge in [0, 0.05) is 23.6 Å². The zero-order valence-corrected chi connectivity index (χ0v) is 14.6. The fourth-order valence-electron chi connectivity index (χ4n) is 2.59. The molecule has 0 amide bonds. The zero-order valence-electron chi connectivity index (χ0n) is 14.6. The van der Waals surface area contributed by atoms with Gasteiger partial charge in [0.05, 0.1) is 6.10 Å². The Bertz CT molecular complexity index is 864. The summed E-state index contributed by atoms with van der Waals surface area (Å²) in [5, 5.41) is 29.5. The lowest BCUT2D eigenvalue weighted by atomic mass is 10.1. The Balaban J connectivity index is 0.000000380. The summed E-state index contributed by atoms with van der Waals surface area (Å²) in [6.07, 6.45) is 2.57. The Hall–Kier alpha value is -3.16. The lowest BCUT2D eigenvalue weighted by Crippen LogP contribution is -2.23. The van der Waals surface area contributed by atoms with E-state index in [1.54, 1.807) is 0 Å². The van der Waals surface area contributed by atoms with Crippen molar-refractivity contribution < 1.29 is 24.9 Å². The predicted octanol–water partition coefficient (Wildman–Crippen LogP) is 2.19. The van der Waals surface area contributed by atoms with E-state index < -0.39 is 18.0 Å². The summed E-state index contributed by atoms with van der Waals surface area (Å²) in [7, 11) is 0. The van der Waals surface area contributed by atoms with Gasteiger partial charge >= 0.3 is 11.9 Å². The third-order valence-electron chi connectivity index (χ3n) is 3.95. The molecular formula is C20H22N2O5. The number of para-hydroxylation sites is 1. The van der Waals surface area contributed by atoms with Gasteiger partial charge in [0.25, 0.3) is 0 Å². The number of aromatic amines is 1. The number of aliphatic hydroxyl groups is 1. The molecule has 0 fully saturated rings. The molecule has 5 N–H and O–H groups in total. The summed E-state index contributed by atoms with van der Waals surface area (Å²) < 4.78 is 0. The van der Waals surface area contributed by atoms with Crippen LogP contribution in [0.15, 0.2) is 60.8 Å². The Morgan fingerprint density at radius 2 is 1.59 bits per heavy atom. The molecule has 0 aliphatic carbocycles. The summed E-state index contributed by atoms with van der Waals surface area (Å²) >= 11 is 0. The normalized spacial score (nSPS) is 11.4. The van der Waals surface area contributed by atoms with Crippen LogP contribution >= 0.6 is 0 Å². The van der Waals surface area contributed by atoms with Crippen LogP contribution in [-0.4, -0.2) is 45.3 Å². The zero-order chi connectivity index (χ0) is 19.6. The molecule has 0 bridgehead atoms. The van der Waals surface area contributed by atoms with Crippen LogP contribution in [-0.2, 0) is 16.0 Å². The molecule has 0 aliphatic rings. The number of carboxylic acid groups (broad SMARTS) is 2. The second-order valence-electron chi connectivity index (χ2n) is 5.85. The Kier molecular flexibility index (Phi) is 7.54. The van der Waals surface area contributed by atoms with E-state index in [1.165, 1.54) is 16.5 Å². The summed E-state index contributed by atoms with van der Waals surface area (Å²) in [5.74, 6) is -3.65. The van der Waals surface area contributed by atoms with Crippen LogP contribution in [0.25, 0.3) is 10.9 Å². The maximum absolute atomic E-state index is 10.1. The lowest BCUT2D eigenvalue weighted by Gasteiger charge is -2.11. The maximum Gasteiger partial charge on any atom is 0.414 e. The third-order valence-corrected chi connectivity index (χ3v) is 3.95. The molecule has 3 rings (SSSR count). The summed E-state index contributed by atoms with van der Waals surface area (Å²) in [6.45, 7) is 1.43. The molecule has 3 aromatic rings. The average Bonchev–Trinajstić information content (AvgIpc) is 3.09. The molecule has 0 spiro atoms. The number of rotatable bonds is 6. The number of H-pyrrole nitrogens is 1. The topological polar surface area (TPSA) is 123 Å². The average molecular weight is 370 g/mol. The second-order valence-corrected chi connectivity index (χ2v) is 5.85. The van der Waals surface area contributed by atoms with E-state index in [9.17, 15) is 5.11 Å². The van der Waals surface area contributed by atoms with Gasteiger partial charge in [-0.05, 0) is 30.2 Å². The van der Waals surface area contributed by atoms with Gasteiger partial charge in [0.15, 0.2) is 0 Å². The molecule has 0 saturated carbocycles. The van der Waals surface area contributed by atoms with Crippen molar-refractivity contribution in [3.05, 3.63) is 71.9 Å². The largest absolute Gasteiger partial charge is 0.473 e. The summed E-state index contributed by atoms with van der Waals surface area (Å²) in [5.41, 5.74) is 3.45. The fourth-order valence-corrected chi connectivity index (χ4v) is 2.59.